The second-order valence-corrected chi connectivity index (χ2v) is 5.22. The van der Waals surface area contributed by atoms with Crippen LogP contribution in [0, 0.1) is 13.8 Å². The van der Waals surface area contributed by atoms with Crippen LogP contribution in [0.25, 0.3) is 0 Å². The third-order valence-electron chi connectivity index (χ3n) is 3.04. The van der Waals surface area contributed by atoms with Crippen molar-refractivity contribution in [1.82, 2.24) is 0 Å². The van der Waals surface area contributed by atoms with Gasteiger partial charge in [-0.15, -0.1) is 0 Å². The molecule has 0 aliphatic heterocycles. The summed E-state index contributed by atoms with van der Waals surface area (Å²) in [5, 5.41) is 0. The highest BCUT2D eigenvalue weighted by atomic mass is 79.9. The summed E-state index contributed by atoms with van der Waals surface area (Å²) in [6.07, 6.45) is 0.880. The van der Waals surface area contributed by atoms with Crippen LogP contribution in [-0.2, 0) is 0 Å². The fourth-order valence-electron chi connectivity index (χ4n) is 2.02. The zero-order chi connectivity index (χ0) is 12.3. The maximum atomic E-state index is 4.07. The molecule has 0 saturated heterocycles. The number of halogens is 1. The van der Waals surface area contributed by atoms with Crippen LogP contribution in [-0.4, -0.2) is 0 Å². The number of hydrogen-bond acceptors (Lipinski definition) is 0. The van der Waals surface area contributed by atoms with Crippen molar-refractivity contribution < 1.29 is 0 Å². The van der Waals surface area contributed by atoms with Crippen molar-refractivity contribution in [2.45, 2.75) is 19.3 Å². The van der Waals surface area contributed by atoms with Gasteiger partial charge in [-0.25, -0.2) is 0 Å². The molecule has 0 fully saturated rings. The Balaban J connectivity index is 2.33. The van der Waals surface area contributed by atoms with Gasteiger partial charge in [-0.05, 0) is 36.6 Å². The molecule has 1 heteroatoms. The van der Waals surface area contributed by atoms with Crippen molar-refractivity contribution in [2.75, 3.05) is 0 Å². The second kappa shape index (κ2) is 5.50. The Hall–Kier alpha value is -1.08. The number of rotatable bonds is 3. The molecule has 1 unspecified atom stereocenters. The minimum absolute atomic E-state index is 0.392. The van der Waals surface area contributed by atoms with E-state index >= 15 is 0 Å². The molecule has 1 radical (unpaired) electrons. The fraction of sp³-hybridized carbons (Fsp3) is 0.188. The van der Waals surface area contributed by atoms with Gasteiger partial charge < -0.3 is 0 Å². The predicted molar refractivity (Wildman–Crippen MR) is 77.1 cm³/mol. The molecule has 0 nitrogen and oxygen atoms in total. The van der Waals surface area contributed by atoms with Crippen LogP contribution in [0.3, 0.4) is 0 Å². The van der Waals surface area contributed by atoms with Crippen molar-refractivity contribution in [1.29, 1.82) is 0 Å². The van der Waals surface area contributed by atoms with Gasteiger partial charge in [0, 0.05) is 10.4 Å². The van der Waals surface area contributed by atoms with Crippen molar-refractivity contribution in [3.63, 3.8) is 0 Å². The summed E-state index contributed by atoms with van der Waals surface area (Å²) in [4.78, 5) is 0. The van der Waals surface area contributed by atoms with Gasteiger partial charge in [0.25, 0.3) is 0 Å². The minimum Gasteiger partial charge on any atom is -0.0590 e. The Morgan fingerprint density at radius 2 is 1.41 bits per heavy atom. The molecule has 0 N–H and O–H groups in total. The maximum Gasteiger partial charge on any atom is 0.0175 e. The van der Waals surface area contributed by atoms with E-state index in [2.05, 4.69) is 78.3 Å². The summed E-state index contributed by atoms with van der Waals surface area (Å²) in [5.74, 6) is 0.392. The van der Waals surface area contributed by atoms with Gasteiger partial charge in [-0.3, -0.25) is 0 Å². The van der Waals surface area contributed by atoms with Gasteiger partial charge in [-0.2, -0.15) is 0 Å². The van der Waals surface area contributed by atoms with E-state index in [1.807, 2.05) is 0 Å². The summed E-state index contributed by atoms with van der Waals surface area (Å²) in [6.45, 7) is 6.19. The topological polar surface area (TPSA) is 0 Å². The first kappa shape index (κ1) is 12.4. The largest absolute Gasteiger partial charge is 0.0590 e. The van der Waals surface area contributed by atoms with E-state index in [1.54, 1.807) is 0 Å². The number of aryl methyl sites for hydroxylation is 1. The molecule has 0 aliphatic carbocycles. The molecule has 0 spiro atoms. The summed E-state index contributed by atoms with van der Waals surface area (Å²) in [6, 6.07) is 17.2. The minimum atomic E-state index is 0.392. The molecule has 2 aromatic carbocycles. The van der Waals surface area contributed by atoms with Gasteiger partial charge >= 0.3 is 0 Å². The lowest BCUT2D eigenvalue weighted by Gasteiger charge is -2.16. The van der Waals surface area contributed by atoms with E-state index in [-0.39, 0.29) is 0 Å². The van der Waals surface area contributed by atoms with Crippen LogP contribution < -0.4 is 0 Å². The molecule has 1 atom stereocenters. The molecule has 0 amide bonds. The highest BCUT2D eigenvalue weighted by Gasteiger charge is 2.11. The zero-order valence-corrected chi connectivity index (χ0v) is 11.6. The highest BCUT2D eigenvalue weighted by molar-refractivity contribution is 9.10. The summed E-state index contributed by atoms with van der Waals surface area (Å²) in [7, 11) is 0. The summed E-state index contributed by atoms with van der Waals surface area (Å²) >= 11 is 3.47. The molecule has 0 aliphatic rings. The molecular weight excluding hydrogens is 272 g/mol. The Kier molecular flexibility index (Phi) is 4.01. The lowest BCUT2D eigenvalue weighted by Crippen LogP contribution is -1.99. The molecule has 0 aromatic heterocycles. The van der Waals surface area contributed by atoms with Crippen LogP contribution in [0.1, 0.15) is 29.0 Å². The predicted octanol–water partition coefficient (Wildman–Crippen LogP) is 5.11. The molecule has 0 heterocycles. The summed E-state index contributed by atoms with van der Waals surface area (Å²) < 4.78 is 1.12. The Morgan fingerprint density at radius 3 is 1.88 bits per heavy atom. The van der Waals surface area contributed by atoms with Crippen LogP contribution in [0.4, 0.5) is 0 Å². The van der Waals surface area contributed by atoms with Crippen molar-refractivity contribution in [2.24, 2.45) is 0 Å². The first-order valence-corrected chi connectivity index (χ1v) is 6.61. The first-order chi connectivity index (χ1) is 8.20. The van der Waals surface area contributed by atoms with Gasteiger partial charge in [0.2, 0.25) is 0 Å². The average molecular weight is 288 g/mol. The quantitative estimate of drug-likeness (QED) is 0.736. The molecule has 0 saturated carbocycles. The van der Waals surface area contributed by atoms with Gasteiger partial charge in [-0.1, -0.05) is 64.8 Å². The van der Waals surface area contributed by atoms with Crippen LogP contribution in [0.5, 0.6) is 0 Å². The highest BCUT2D eigenvalue weighted by Crippen LogP contribution is 2.28. The Morgan fingerprint density at radius 1 is 0.941 bits per heavy atom. The molecule has 2 aromatic rings. The van der Waals surface area contributed by atoms with Crippen molar-refractivity contribution >= 4 is 15.9 Å². The van der Waals surface area contributed by atoms with Gasteiger partial charge in [0.05, 0.1) is 0 Å². The Bertz CT molecular complexity index is 422. The van der Waals surface area contributed by atoms with E-state index in [1.165, 1.54) is 16.7 Å². The van der Waals surface area contributed by atoms with Crippen LogP contribution in [0.2, 0.25) is 0 Å². The number of benzene rings is 2. The smallest absolute Gasteiger partial charge is 0.0175 e. The normalized spacial score (nSPS) is 12.4. The molecular formula is C16H16Br. The Labute approximate surface area is 112 Å². The van der Waals surface area contributed by atoms with Crippen LogP contribution in [0.15, 0.2) is 53.0 Å². The van der Waals surface area contributed by atoms with E-state index in [4.69, 9.17) is 0 Å². The third-order valence-corrected chi connectivity index (χ3v) is 3.57. The zero-order valence-electron chi connectivity index (χ0n) is 9.99. The first-order valence-electron chi connectivity index (χ1n) is 5.82. The van der Waals surface area contributed by atoms with E-state index in [9.17, 15) is 0 Å². The monoisotopic (exact) mass is 287 g/mol. The molecule has 87 valence electrons. The second-order valence-electron chi connectivity index (χ2n) is 4.30. The van der Waals surface area contributed by atoms with Gasteiger partial charge in [0.15, 0.2) is 0 Å². The van der Waals surface area contributed by atoms with E-state index in [0.29, 0.717) is 5.92 Å². The van der Waals surface area contributed by atoms with Crippen molar-refractivity contribution in [3.05, 3.63) is 76.6 Å². The lowest BCUT2D eigenvalue weighted by molar-refractivity contribution is 0.826. The van der Waals surface area contributed by atoms with E-state index < -0.39 is 0 Å². The standard InChI is InChI=1S/C16H16Br/c1-3-16(13-6-4-12(2)5-7-13)14-8-10-15(17)11-9-14/h4-11,16H,1,3H2,2H3. The maximum absolute atomic E-state index is 4.07. The van der Waals surface area contributed by atoms with E-state index in [0.717, 1.165) is 10.9 Å². The molecule has 2 rings (SSSR count). The molecule has 17 heavy (non-hydrogen) atoms. The van der Waals surface area contributed by atoms with Crippen LogP contribution >= 0.6 is 15.9 Å². The van der Waals surface area contributed by atoms with Crippen molar-refractivity contribution in [3.8, 4) is 0 Å². The molecule has 0 bridgehead atoms. The average Bonchev–Trinajstić information content (AvgIpc) is 2.35. The lowest BCUT2D eigenvalue weighted by atomic mass is 9.89. The van der Waals surface area contributed by atoms with Gasteiger partial charge in [0.1, 0.15) is 0 Å². The third kappa shape index (κ3) is 2.98. The fourth-order valence-corrected chi connectivity index (χ4v) is 2.28. The number of hydrogen-bond donors (Lipinski definition) is 0. The SMILES string of the molecule is [CH2]CC(c1ccc(C)cc1)c1ccc(Br)cc1. The summed E-state index contributed by atoms with van der Waals surface area (Å²) in [5.41, 5.74) is 3.97.